The lowest BCUT2D eigenvalue weighted by atomic mass is 10.1. The predicted octanol–water partition coefficient (Wildman–Crippen LogP) is 2.44. The zero-order valence-corrected chi connectivity index (χ0v) is 9.98. The maximum atomic E-state index is 5.98. The lowest BCUT2D eigenvalue weighted by Crippen LogP contribution is -2.10. The van der Waals surface area contributed by atoms with E-state index < -0.39 is 0 Å². The van der Waals surface area contributed by atoms with Gasteiger partial charge in [0, 0.05) is 0 Å². The number of aromatic nitrogens is 3. The maximum Gasteiger partial charge on any atom is 0.0994 e. The van der Waals surface area contributed by atoms with Gasteiger partial charge in [-0.2, -0.15) is 0 Å². The molecule has 4 heteroatoms. The van der Waals surface area contributed by atoms with Gasteiger partial charge in [0.15, 0.2) is 0 Å². The molecule has 0 fully saturated rings. The number of hydrogen-bond acceptors (Lipinski definition) is 3. The third kappa shape index (κ3) is 3.30. The highest BCUT2D eigenvalue weighted by Gasteiger charge is 2.11. The standard InChI is InChI=1S/C11H22N4/c1-4-6-9(3)15-8-11(13-14-15)10(12)7-5-2/h8-10H,4-7,12H2,1-3H3. The van der Waals surface area contributed by atoms with Crippen LogP contribution in [0.4, 0.5) is 0 Å². The van der Waals surface area contributed by atoms with Crippen LogP contribution < -0.4 is 5.73 Å². The van der Waals surface area contributed by atoms with Gasteiger partial charge < -0.3 is 5.73 Å². The van der Waals surface area contributed by atoms with Crippen LogP contribution in [0.3, 0.4) is 0 Å². The molecular formula is C11H22N4. The van der Waals surface area contributed by atoms with Crippen molar-refractivity contribution in [2.45, 2.75) is 58.5 Å². The minimum atomic E-state index is 0.0394. The molecule has 2 unspecified atom stereocenters. The Morgan fingerprint density at radius 2 is 2.00 bits per heavy atom. The summed E-state index contributed by atoms with van der Waals surface area (Å²) in [6, 6.07) is 0.461. The first-order valence-corrected chi connectivity index (χ1v) is 5.86. The van der Waals surface area contributed by atoms with Crippen LogP contribution in [0.1, 0.15) is 64.2 Å². The summed E-state index contributed by atoms with van der Waals surface area (Å²) in [5.41, 5.74) is 6.89. The molecule has 4 nitrogen and oxygen atoms in total. The third-order valence-corrected chi connectivity index (χ3v) is 2.67. The van der Waals surface area contributed by atoms with E-state index >= 15 is 0 Å². The highest BCUT2D eigenvalue weighted by atomic mass is 15.4. The fourth-order valence-electron chi connectivity index (χ4n) is 1.68. The van der Waals surface area contributed by atoms with Gasteiger partial charge in [-0.15, -0.1) is 5.10 Å². The summed E-state index contributed by atoms with van der Waals surface area (Å²) >= 11 is 0. The monoisotopic (exact) mass is 210 g/mol. The van der Waals surface area contributed by atoms with Crippen LogP contribution in [0, 0.1) is 0 Å². The van der Waals surface area contributed by atoms with Crippen molar-refractivity contribution in [2.24, 2.45) is 5.73 Å². The van der Waals surface area contributed by atoms with Crippen molar-refractivity contribution >= 4 is 0 Å². The van der Waals surface area contributed by atoms with E-state index in [0.717, 1.165) is 31.4 Å². The molecule has 0 bridgehead atoms. The van der Waals surface area contributed by atoms with Crippen molar-refractivity contribution in [3.63, 3.8) is 0 Å². The van der Waals surface area contributed by atoms with Crippen molar-refractivity contribution in [1.29, 1.82) is 0 Å². The van der Waals surface area contributed by atoms with E-state index in [0.29, 0.717) is 6.04 Å². The predicted molar refractivity (Wildman–Crippen MR) is 61.5 cm³/mol. The van der Waals surface area contributed by atoms with E-state index in [9.17, 15) is 0 Å². The summed E-state index contributed by atoms with van der Waals surface area (Å²) in [6.07, 6.45) is 6.34. The molecule has 1 rings (SSSR count). The Morgan fingerprint density at radius 3 is 2.60 bits per heavy atom. The van der Waals surface area contributed by atoms with Crippen LogP contribution in [0.2, 0.25) is 0 Å². The van der Waals surface area contributed by atoms with Crippen molar-refractivity contribution in [3.8, 4) is 0 Å². The first-order valence-electron chi connectivity index (χ1n) is 5.86. The Kier molecular flexibility index (Phi) is 4.75. The van der Waals surface area contributed by atoms with Gasteiger partial charge in [-0.25, -0.2) is 4.68 Å². The van der Waals surface area contributed by atoms with Crippen LogP contribution in [0.25, 0.3) is 0 Å². The molecule has 0 spiro atoms. The maximum absolute atomic E-state index is 5.98. The normalized spacial score (nSPS) is 15.2. The Balaban J connectivity index is 2.62. The molecule has 0 aliphatic carbocycles. The van der Waals surface area contributed by atoms with Gasteiger partial charge in [-0.05, 0) is 19.8 Å². The molecule has 15 heavy (non-hydrogen) atoms. The quantitative estimate of drug-likeness (QED) is 0.784. The topological polar surface area (TPSA) is 56.7 Å². The molecule has 86 valence electrons. The highest BCUT2D eigenvalue weighted by molar-refractivity contribution is 4.99. The molecule has 2 N–H and O–H groups in total. The number of nitrogens with zero attached hydrogens (tertiary/aromatic N) is 3. The van der Waals surface area contributed by atoms with Crippen molar-refractivity contribution in [2.75, 3.05) is 0 Å². The minimum Gasteiger partial charge on any atom is -0.323 e. The second kappa shape index (κ2) is 5.85. The van der Waals surface area contributed by atoms with E-state index in [1.54, 1.807) is 0 Å². The van der Waals surface area contributed by atoms with E-state index in [1.807, 2.05) is 10.9 Å². The average molecular weight is 210 g/mol. The summed E-state index contributed by atoms with van der Waals surface area (Å²) in [7, 11) is 0. The van der Waals surface area contributed by atoms with Crippen molar-refractivity contribution < 1.29 is 0 Å². The first kappa shape index (κ1) is 12.2. The first-order chi connectivity index (χ1) is 7.19. The fourth-order valence-corrected chi connectivity index (χ4v) is 1.68. The summed E-state index contributed by atoms with van der Waals surface area (Å²) in [6.45, 7) is 6.47. The Bertz CT molecular complexity index is 255. The van der Waals surface area contributed by atoms with Gasteiger partial charge in [0.1, 0.15) is 0 Å². The van der Waals surface area contributed by atoms with Gasteiger partial charge >= 0.3 is 0 Å². The molecule has 0 aromatic carbocycles. The van der Waals surface area contributed by atoms with E-state index in [1.165, 1.54) is 0 Å². The molecule has 0 aliphatic rings. The molecular weight excluding hydrogens is 188 g/mol. The fraction of sp³-hybridized carbons (Fsp3) is 0.818. The lowest BCUT2D eigenvalue weighted by Gasteiger charge is -2.09. The SMILES string of the molecule is CCCC(N)c1cn(C(C)CCC)nn1. The van der Waals surface area contributed by atoms with E-state index in [-0.39, 0.29) is 6.04 Å². The van der Waals surface area contributed by atoms with Crippen LogP contribution in [0.5, 0.6) is 0 Å². The summed E-state index contributed by atoms with van der Waals surface area (Å²) in [4.78, 5) is 0. The smallest absolute Gasteiger partial charge is 0.0994 e. The Labute approximate surface area is 91.9 Å². The molecule has 0 radical (unpaired) electrons. The van der Waals surface area contributed by atoms with Crippen LogP contribution in [-0.4, -0.2) is 15.0 Å². The Morgan fingerprint density at radius 1 is 1.33 bits per heavy atom. The lowest BCUT2D eigenvalue weighted by molar-refractivity contribution is 0.443. The third-order valence-electron chi connectivity index (χ3n) is 2.67. The zero-order valence-electron chi connectivity index (χ0n) is 9.98. The number of hydrogen-bond donors (Lipinski definition) is 1. The minimum absolute atomic E-state index is 0.0394. The van der Waals surface area contributed by atoms with Crippen LogP contribution >= 0.6 is 0 Å². The Hall–Kier alpha value is -0.900. The molecule has 0 aliphatic heterocycles. The molecule has 1 aromatic rings. The second-order valence-electron chi connectivity index (χ2n) is 4.16. The van der Waals surface area contributed by atoms with Crippen molar-refractivity contribution in [3.05, 3.63) is 11.9 Å². The largest absolute Gasteiger partial charge is 0.323 e. The van der Waals surface area contributed by atoms with Crippen LogP contribution in [0.15, 0.2) is 6.20 Å². The molecule has 2 atom stereocenters. The molecule has 0 amide bonds. The average Bonchev–Trinajstić information content (AvgIpc) is 2.67. The molecule has 1 heterocycles. The second-order valence-corrected chi connectivity index (χ2v) is 4.16. The summed E-state index contributed by atoms with van der Waals surface area (Å²) < 4.78 is 1.92. The van der Waals surface area contributed by atoms with Gasteiger partial charge in [-0.3, -0.25) is 0 Å². The van der Waals surface area contributed by atoms with E-state index in [4.69, 9.17) is 5.73 Å². The highest BCUT2D eigenvalue weighted by Crippen LogP contribution is 2.16. The number of nitrogens with two attached hydrogens (primary N) is 1. The van der Waals surface area contributed by atoms with Crippen LogP contribution in [-0.2, 0) is 0 Å². The summed E-state index contributed by atoms with van der Waals surface area (Å²) in [5.74, 6) is 0. The van der Waals surface area contributed by atoms with Gasteiger partial charge in [0.2, 0.25) is 0 Å². The zero-order chi connectivity index (χ0) is 11.3. The molecule has 0 saturated heterocycles. The molecule has 0 saturated carbocycles. The molecule has 1 aromatic heterocycles. The van der Waals surface area contributed by atoms with Gasteiger partial charge in [0.05, 0.1) is 24.0 Å². The summed E-state index contributed by atoms with van der Waals surface area (Å²) in [5, 5.41) is 8.25. The number of rotatable bonds is 6. The van der Waals surface area contributed by atoms with Gasteiger partial charge in [-0.1, -0.05) is 31.9 Å². The van der Waals surface area contributed by atoms with E-state index in [2.05, 4.69) is 31.1 Å². The van der Waals surface area contributed by atoms with Gasteiger partial charge in [0.25, 0.3) is 0 Å². The van der Waals surface area contributed by atoms with Crippen molar-refractivity contribution in [1.82, 2.24) is 15.0 Å².